The summed E-state index contributed by atoms with van der Waals surface area (Å²) in [6.45, 7) is 3.11. The largest absolute Gasteiger partial charge is 0.389 e. The Morgan fingerprint density at radius 3 is 2.62 bits per heavy atom. The monoisotopic (exact) mass is 333 g/mol. The van der Waals surface area contributed by atoms with Gasteiger partial charge in [0.1, 0.15) is 0 Å². The zero-order chi connectivity index (χ0) is 15.8. The molecule has 1 heterocycles. The van der Waals surface area contributed by atoms with E-state index in [4.69, 9.17) is 0 Å². The lowest BCUT2D eigenvalue weighted by molar-refractivity contribution is 0.199. The highest BCUT2D eigenvalue weighted by molar-refractivity contribution is 7.92. The van der Waals surface area contributed by atoms with Gasteiger partial charge in [-0.05, 0) is 31.5 Å². The van der Waals surface area contributed by atoms with Crippen molar-refractivity contribution in [1.82, 2.24) is 4.31 Å². The summed E-state index contributed by atoms with van der Waals surface area (Å²) in [6, 6.07) is 5.50. The third kappa shape index (κ3) is 3.45. The van der Waals surface area contributed by atoms with E-state index in [1.807, 2.05) is 0 Å². The summed E-state index contributed by atoms with van der Waals surface area (Å²) < 4.78 is 49.6. The number of hydrogen-bond acceptors (Lipinski definition) is 5. The van der Waals surface area contributed by atoms with Gasteiger partial charge in [0.05, 0.1) is 22.5 Å². The fourth-order valence-electron chi connectivity index (χ4n) is 2.41. The molecule has 6 nitrogen and oxygen atoms in total. The van der Waals surface area contributed by atoms with Gasteiger partial charge in [0.15, 0.2) is 9.84 Å². The van der Waals surface area contributed by atoms with Crippen LogP contribution in [-0.4, -0.2) is 50.3 Å². The first-order valence-corrected chi connectivity index (χ1v) is 9.90. The van der Waals surface area contributed by atoms with Crippen LogP contribution in [0.15, 0.2) is 29.2 Å². The zero-order valence-corrected chi connectivity index (χ0v) is 13.6. The summed E-state index contributed by atoms with van der Waals surface area (Å²) in [5.41, 5.74) is 0.508. The van der Waals surface area contributed by atoms with Gasteiger partial charge in [-0.25, -0.2) is 16.8 Å². The molecule has 1 aliphatic heterocycles. The van der Waals surface area contributed by atoms with E-state index >= 15 is 0 Å². The van der Waals surface area contributed by atoms with E-state index < -0.39 is 32.0 Å². The van der Waals surface area contributed by atoms with Gasteiger partial charge in [0.25, 0.3) is 0 Å². The lowest BCUT2D eigenvalue weighted by atomic mass is 10.1. The summed E-state index contributed by atoms with van der Waals surface area (Å²) in [6.07, 6.45) is -0.765. The Hall–Kier alpha value is -0.960. The molecule has 8 heteroatoms. The molecule has 1 fully saturated rings. The molecule has 0 spiro atoms. The van der Waals surface area contributed by atoms with Crippen molar-refractivity contribution in [2.75, 3.05) is 18.1 Å². The Balaban J connectivity index is 2.36. The van der Waals surface area contributed by atoms with Crippen molar-refractivity contribution in [3.63, 3.8) is 0 Å². The fraction of sp³-hybridized carbons (Fsp3) is 0.538. The highest BCUT2D eigenvalue weighted by atomic mass is 32.2. The van der Waals surface area contributed by atoms with Crippen LogP contribution in [0.1, 0.15) is 25.5 Å². The first-order valence-electron chi connectivity index (χ1n) is 6.64. The van der Waals surface area contributed by atoms with Gasteiger partial charge in [-0.2, -0.15) is 4.31 Å². The molecule has 1 aliphatic rings. The summed E-state index contributed by atoms with van der Waals surface area (Å²) in [5, 5.41) is 9.56. The van der Waals surface area contributed by atoms with Crippen LogP contribution in [0.4, 0.5) is 0 Å². The van der Waals surface area contributed by atoms with Crippen molar-refractivity contribution in [1.29, 1.82) is 0 Å². The van der Waals surface area contributed by atoms with E-state index in [1.54, 1.807) is 26.0 Å². The van der Waals surface area contributed by atoms with Crippen molar-refractivity contribution in [2.24, 2.45) is 0 Å². The maximum atomic E-state index is 12.6. The SMILES string of the molecule is CC(O)c1cccc(S(=O)(=O)N2CCS(=O)(=O)CC2C)c1. The lowest BCUT2D eigenvalue weighted by Crippen LogP contribution is -2.49. The number of aliphatic hydroxyl groups excluding tert-OH is 1. The van der Waals surface area contributed by atoms with E-state index in [0.29, 0.717) is 5.56 Å². The molecule has 0 radical (unpaired) electrons. The smallest absolute Gasteiger partial charge is 0.243 e. The average molecular weight is 333 g/mol. The molecule has 21 heavy (non-hydrogen) atoms. The molecular weight excluding hydrogens is 314 g/mol. The fourth-order valence-corrected chi connectivity index (χ4v) is 5.86. The molecule has 1 aromatic rings. The maximum Gasteiger partial charge on any atom is 0.243 e. The minimum Gasteiger partial charge on any atom is -0.389 e. The molecule has 2 unspecified atom stereocenters. The normalized spacial score (nSPS) is 24.6. The Morgan fingerprint density at radius 2 is 2.05 bits per heavy atom. The van der Waals surface area contributed by atoms with Crippen LogP contribution in [0.2, 0.25) is 0 Å². The summed E-state index contributed by atoms with van der Waals surface area (Å²) in [4.78, 5) is 0.0760. The Bertz CT molecular complexity index is 725. The lowest BCUT2D eigenvalue weighted by Gasteiger charge is -2.32. The van der Waals surface area contributed by atoms with E-state index in [0.717, 1.165) is 0 Å². The van der Waals surface area contributed by atoms with Gasteiger partial charge in [-0.3, -0.25) is 0 Å². The molecule has 1 aromatic carbocycles. The third-order valence-electron chi connectivity index (χ3n) is 3.56. The van der Waals surface area contributed by atoms with E-state index in [-0.39, 0.29) is 22.9 Å². The number of rotatable bonds is 3. The van der Waals surface area contributed by atoms with Gasteiger partial charge in [0, 0.05) is 12.6 Å². The van der Waals surface area contributed by atoms with E-state index in [1.165, 1.54) is 16.4 Å². The molecule has 2 rings (SSSR count). The average Bonchev–Trinajstić information content (AvgIpc) is 2.37. The molecular formula is C13H19NO5S2. The molecule has 0 saturated carbocycles. The van der Waals surface area contributed by atoms with Crippen molar-refractivity contribution >= 4 is 19.9 Å². The van der Waals surface area contributed by atoms with Crippen LogP contribution in [0.3, 0.4) is 0 Å². The second-order valence-corrected chi connectivity index (χ2v) is 9.45. The van der Waals surface area contributed by atoms with Gasteiger partial charge >= 0.3 is 0 Å². The summed E-state index contributed by atoms with van der Waals surface area (Å²) >= 11 is 0. The summed E-state index contributed by atoms with van der Waals surface area (Å²) in [5.74, 6) is -0.324. The zero-order valence-electron chi connectivity index (χ0n) is 11.9. The number of aliphatic hydroxyl groups is 1. The number of benzene rings is 1. The second kappa shape index (κ2) is 5.68. The number of sulfone groups is 1. The Labute approximate surface area is 125 Å². The van der Waals surface area contributed by atoms with Crippen LogP contribution < -0.4 is 0 Å². The molecule has 0 aromatic heterocycles. The highest BCUT2D eigenvalue weighted by Gasteiger charge is 2.36. The van der Waals surface area contributed by atoms with E-state index in [2.05, 4.69) is 0 Å². The predicted octanol–water partition coefficient (Wildman–Crippen LogP) is 0.548. The van der Waals surface area contributed by atoms with Gasteiger partial charge in [0.2, 0.25) is 10.0 Å². The van der Waals surface area contributed by atoms with Crippen molar-refractivity contribution in [3.05, 3.63) is 29.8 Å². The van der Waals surface area contributed by atoms with Crippen molar-refractivity contribution in [3.8, 4) is 0 Å². The Kier molecular flexibility index (Phi) is 4.44. The molecule has 1 N–H and O–H groups in total. The number of hydrogen-bond donors (Lipinski definition) is 1. The molecule has 1 saturated heterocycles. The van der Waals surface area contributed by atoms with Crippen molar-refractivity contribution in [2.45, 2.75) is 30.9 Å². The van der Waals surface area contributed by atoms with Crippen LogP contribution in [0.5, 0.6) is 0 Å². The topological polar surface area (TPSA) is 91.8 Å². The van der Waals surface area contributed by atoms with Crippen LogP contribution >= 0.6 is 0 Å². The van der Waals surface area contributed by atoms with Crippen LogP contribution in [0, 0.1) is 0 Å². The summed E-state index contributed by atoms with van der Waals surface area (Å²) in [7, 11) is -6.93. The predicted molar refractivity (Wildman–Crippen MR) is 79.1 cm³/mol. The minimum absolute atomic E-state index is 0.0370. The van der Waals surface area contributed by atoms with Crippen LogP contribution in [-0.2, 0) is 19.9 Å². The Morgan fingerprint density at radius 1 is 1.38 bits per heavy atom. The van der Waals surface area contributed by atoms with Gasteiger partial charge < -0.3 is 5.11 Å². The molecule has 0 bridgehead atoms. The maximum absolute atomic E-state index is 12.6. The molecule has 0 amide bonds. The van der Waals surface area contributed by atoms with Gasteiger partial charge in [-0.1, -0.05) is 12.1 Å². The van der Waals surface area contributed by atoms with Gasteiger partial charge in [-0.15, -0.1) is 0 Å². The molecule has 0 aliphatic carbocycles. The third-order valence-corrected chi connectivity index (χ3v) is 7.36. The second-order valence-electron chi connectivity index (χ2n) is 5.33. The quantitative estimate of drug-likeness (QED) is 0.872. The molecule has 2 atom stereocenters. The van der Waals surface area contributed by atoms with E-state index in [9.17, 15) is 21.9 Å². The first kappa shape index (κ1) is 16.4. The first-order chi connectivity index (χ1) is 9.63. The molecule has 118 valence electrons. The van der Waals surface area contributed by atoms with Crippen molar-refractivity contribution < 1.29 is 21.9 Å². The standard InChI is InChI=1S/C13H19NO5S2/c1-10-9-20(16,17)7-6-14(10)21(18,19)13-5-3-4-12(8-13)11(2)15/h3-5,8,10-11,15H,6-7,9H2,1-2H3. The minimum atomic E-state index is -3.76. The number of nitrogens with zero attached hydrogens (tertiary/aromatic N) is 1. The number of sulfonamides is 1. The highest BCUT2D eigenvalue weighted by Crippen LogP contribution is 2.24. The van der Waals surface area contributed by atoms with Crippen LogP contribution in [0.25, 0.3) is 0 Å².